The van der Waals surface area contributed by atoms with Crippen molar-refractivity contribution in [2.24, 2.45) is 17.1 Å². The van der Waals surface area contributed by atoms with Crippen LogP contribution in [0.2, 0.25) is 0 Å². The van der Waals surface area contributed by atoms with Crippen LogP contribution < -0.4 is 11.1 Å². The smallest absolute Gasteiger partial charge is 0.237 e. The van der Waals surface area contributed by atoms with Gasteiger partial charge in [-0.2, -0.15) is 0 Å². The maximum absolute atomic E-state index is 11.9. The van der Waals surface area contributed by atoms with E-state index in [1.54, 1.807) is 0 Å². The molecule has 0 radical (unpaired) electrons. The van der Waals surface area contributed by atoms with Crippen LogP contribution in [0, 0.1) is 11.3 Å². The SMILES string of the molecule is CC(NC(=O)C(N)C(C)(C)C)C1CCOC1. The molecule has 3 atom stereocenters. The molecule has 1 amide bonds. The van der Waals surface area contributed by atoms with Gasteiger partial charge in [0, 0.05) is 18.6 Å². The van der Waals surface area contributed by atoms with Gasteiger partial charge < -0.3 is 15.8 Å². The van der Waals surface area contributed by atoms with Crippen molar-refractivity contribution in [3.05, 3.63) is 0 Å². The molecule has 0 spiro atoms. The molecule has 1 fully saturated rings. The fraction of sp³-hybridized carbons (Fsp3) is 0.917. The van der Waals surface area contributed by atoms with Crippen LogP contribution in [0.4, 0.5) is 0 Å². The summed E-state index contributed by atoms with van der Waals surface area (Å²) in [6.07, 6.45) is 1.02. The van der Waals surface area contributed by atoms with Crippen LogP contribution in [0.5, 0.6) is 0 Å². The van der Waals surface area contributed by atoms with Gasteiger partial charge in [-0.1, -0.05) is 20.8 Å². The molecule has 94 valence electrons. The topological polar surface area (TPSA) is 64.4 Å². The average molecular weight is 228 g/mol. The predicted octanol–water partition coefficient (Wildman–Crippen LogP) is 0.901. The summed E-state index contributed by atoms with van der Waals surface area (Å²) >= 11 is 0. The van der Waals surface area contributed by atoms with E-state index < -0.39 is 6.04 Å². The van der Waals surface area contributed by atoms with Crippen molar-refractivity contribution in [1.82, 2.24) is 5.32 Å². The standard InChI is InChI=1S/C12H24N2O2/c1-8(9-5-6-16-7-9)14-11(15)10(13)12(2,3)4/h8-10H,5-7,13H2,1-4H3,(H,14,15). The molecule has 3 N–H and O–H groups in total. The Morgan fingerprint density at radius 2 is 2.12 bits per heavy atom. The Balaban J connectivity index is 2.44. The predicted molar refractivity (Wildman–Crippen MR) is 64.0 cm³/mol. The lowest BCUT2D eigenvalue weighted by atomic mass is 9.86. The summed E-state index contributed by atoms with van der Waals surface area (Å²) in [6.45, 7) is 9.48. The van der Waals surface area contributed by atoms with Crippen molar-refractivity contribution in [3.8, 4) is 0 Å². The molecule has 0 aromatic rings. The van der Waals surface area contributed by atoms with E-state index in [1.165, 1.54) is 0 Å². The van der Waals surface area contributed by atoms with Gasteiger partial charge in [-0.15, -0.1) is 0 Å². The van der Waals surface area contributed by atoms with Gasteiger partial charge in [-0.3, -0.25) is 4.79 Å². The Hall–Kier alpha value is -0.610. The van der Waals surface area contributed by atoms with Crippen LogP contribution >= 0.6 is 0 Å². The molecule has 1 aliphatic rings. The van der Waals surface area contributed by atoms with Crippen molar-refractivity contribution in [2.75, 3.05) is 13.2 Å². The van der Waals surface area contributed by atoms with Crippen molar-refractivity contribution in [2.45, 2.75) is 46.2 Å². The first-order valence-corrected chi connectivity index (χ1v) is 5.96. The minimum Gasteiger partial charge on any atom is -0.381 e. The number of nitrogens with two attached hydrogens (primary N) is 1. The third-order valence-electron chi connectivity index (χ3n) is 3.26. The lowest BCUT2D eigenvalue weighted by Crippen LogP contribution is -2.52. The normalized spacial score (nSPS) is 25.2. The first-order chi connectivity index (χ1) is 7.32. The molecule has 0 aliphatic carbocycles. The van der Waals surface area contributed by atoms with Crippen LogP contribution in [0.1, 0.15) is 34.1 Å². The first kappa shape index (κ1) is 13.5. The van der Waals surface area contributed by atoms with Gasteiger partial charge >= 0.3 is 0 Å². The number of nitrogens with one attached hydrogen (secondary N) is 1. The van der Waals surface area contributed by atoms with E-state index in [0.717, 1.165) is 19.6 Å². The third kappa shape index (κ3) is 3.46. The molecule has 1 rings (SSSR count). The molecule has 1 heterocycles. The molecule has 0 bridgehead atoms. The quantitative estimate of drug-likeness (QED) is 0.754. The van der Waals surface area contributed by atoms with Gasteiger partial charge in [0.25, 0.3) is 0 Å². The van der Waals surface area contributed by atoms with E-state index in [2.05, 4.69) is 5.32 Å². The zero-order valence-corrected chi connectivity index (χ0v) is 10.7. The molecule has 0 saturated carbocycles. The Morgan fingerprint density at radius 3 is 2.56 bits per heavy atom. The van der Waals surface area contributed by atoms with Gasteiger partial charge in [-0.05, 0) is 18.8 Å². The number of ether oxygens (including phenoxy) is 1. The minimum absolute atomic E-state index is 0.0631. The van der Waals surface area contributed by atoms with Crippen LogP contribution in [0.25, 0.3) is 0 Å². The van der Waals surface area contributed by atoms with Crippen LogP contribution in [-0.4, -0.2) is 31.2 Å². The van der Waals surface area contributed by atoms with E-state index in [0.29, 0.717) is 5.92 Å². The van der Waals surface area contributed by atoms with E-state index in [1.807, 2.05) is 27.7 Å². The summed E-state index contributed by atoms with van der Waals surface area (Å²) in [6, 6.07) is -0.319. The van der Waals surface area contributed by atoms with Crippen LogP contribution in [0.15, 0.2) is 0 Å². The Kier molecular flexibility index (Phi) is 4.33. The molecule has 4 heteroatoms. The number of hydrogen-bond donors (Lipinski definition) is 2. The maximum atomic E-state index is 11.9. The Bertz CT molecular complexity index is 242. The second-order valence-electron chi connectivity index (χ2n) is 5.76. The van der Waals surface area contributed by atoms with Crippen LogP contribution in [-0.2, 0) is 9.53 Å². The highest BCUT2D eigenvalue weighted by Crippen LogP contribution is 2.19. The van der Waals surface area contributed by atoms with Gasteiger partial charge in [0.2, 0.25) is 5.91 Å². The highest BCUT2D eigenvalue weighted by Gasteiger charge is 2.30. The fourth-order valence-electron chi connectivity index (χ4n) is 1.77. The fourth-order valence-corrected chi connectivity index (χ4v) is 1.77. The van der Waals surface area contributed by atoms with Crippen molar-refractivity contribution < 1.29 is 9.53 Å². The number of carbonyl (C=O) groups excluding carboxylic acids is 1. The molecule has 0 aromatic heterocycles. The van der Waals surface area contributed by atoms with Crippen molar-refractivity contribution in [1.29, 1.82) is 0 Å². The second-order valence-corrected chi connectivity index (χ2v) is 5.76. The van der Waals surface area contributed by atoms with Gasteiger partial charge in [0.1, 0.15) is 0 Å². The molecular formula is C12H24N2O2. The second kappa shape index (κ2) is 5.15. The minimum atomic E-state index is -0.461. The first-order valence-electron chi connectivity index (χ1n) is 5.96. The molecule has 3 unspecified atom stereocenters. The van der Waals surface area contributed by atoms with E-state index in [-0.39, 0.29) is 17.4 Å². The zero-order chi connectivity index (χ0) is 12.3. The summed E-state index contributed by atoms with van der Waals surface area (Å²) in [5.74, 6) is 0.364. The van der Waals surface area contributed by atoms with Gasteiger partial charge in [0.15, 0.2) is 0 Å². The van der Waals surface area contributed by atoms with Gasteiger partial charge in [-0.25, -0.2) is 0 Å². The Morgan fingerprint density at radius 1 is 1.50 bits per heavy atom. The highest BCUT2D eigenvalue weighted by molar-refractivity contribution is 5.82. The van der Waals surface area contributed by atoms with E-state index >= 15 is 0 Å². The maximum Gasteiger partial charge on any atom is 0.237 e. The summed E-state index contributed by atoms with van der Waals surface area (Å²) in [5.41, 5.74) is 5.70. The monoisotopic (exact) mass is 228 g/mol. The van der Waals surface area contributed by atoms with Crippen molar-refractivity contribution in [3.63, 3.8) is 0 Å². The van der Waals surface area contributed by atoms with Crippen molar-refractivity contribution >= 4 is 5.91 Å². The summed E-state index contributed by atoms with van der Waals surface area (Å²) in [4.78, 5) is 11.9. The third-order valence-corrected chi connectivity index (χ3v) is 3.26. The number of carbonyl (C=O) groups is 1. The molecule has 4 nitrogen and oxygen atoms in total. The zero-order valence-electron chi connectivity index (χ0n) is 10.7. The van der Waals surface area contributed by atoms with Crippen LogP contribution in [0.3, 0.4) is 0 Å². The number of rotatable bonds is 3. The van der Waals surface area contributed by atoms with Gasteiger partial charge in [0.05, 0.1) is 12.6 Å². The summed E-state index contributed by atoms with van der Waals surface area (Å²) in [5, 5.41) is 2.98. The molecular weight excluding hydrogens is 204 g/mol. The molecule has 16 heavy (non-hydrogen) atoms. The summed E-state index contributed by atoms with van der Waals surface area (Å²) in [7, 11) is 0. The van der Waals surface area contributed by atoms with E-state index in [4.69, 9.17) is 10.5 Å². The molecule has 1 aliphatic heterocycles. The molecule has 1 saturated heterocycles. The largest absolute Gasteiger partial charge is 0.381 e. The summed E-state index contributed by atoms with van der Waals surface area (Å²) < 4.78 is 5.30. The number of amides is 1. The average Bonchev–Trinajstić information content (AvgIpc) is 2.67. The lowest BCUT2D eigenvalue weighted by molar-refractivity contribution is -0.125. The van der Waals surface area contributed by atoms with E-state index in [9.17, 15) is 4.79 Å². The lowest BCUT2D eigenvalue weighted by Gasteiger charge is -2.28. The number of hydrogen-bond acceptors (Lipinski definition) is 3. The highest BCUT2D eigenvalue weighted by atomic mass is 16.5. The molecule has 0 aromatic carbocycles. The Labute approximate surface area is 97.9 Å².